The van der Waals surface area contributed by atoms with Crippen LogP contribution in [-0.2, 0) is 103 Å². The van der Waals surface area contributed by atoms with Crippen molar-refractivity contribution < 1.29 is 177 Å². The van der Waals surface area contributed by atoms with Crippen LogP contribution in [-0.4, -0.2) is 397 Å². The van der Waals surface area contributed by atoms with Crippen LogP contribution in [0.3, 0.4) is 0 Å². The number of fused-ring (bicyclic) bond motifs is 1. The molecule has 2 amide bonds. The van der Waals surface area contributed by atoms with E-state index in [1.165, 1.54) is 4.68 Å². The van der Waals surface area contributed by atoms with Gasteiger partial charge in [-0.15, -0.1) is 5.10 Å². The predicted octanol–water partition coefficient (Wildman–Crippen LogP) is -10.7. The summed E-state index contributed by atoms with van der Waals surface area (Å²) in [6.07, 6.45) is -52.4. The highest BCUT2D eigenvalue weighted by atomic mass is 16.8. The molecule has 12 bridgehead atoms. The molecule has 0 saturated carbocycles. The van der Waals surface area contributed by atoms with Crippen molar-refractivity contribution in [2.75, 3.05) is 106 Å². The highest BCUT2D eigenvalue weighted by molar-refractivity contribution is 5.77. The van der Waals surface area contributed by atoms with Crippen molar-refractivity contribution in [3.05, 3.63) is 11.4 Å². The van der Waals surface area contributed by atoms with E-state index >= 15 is 0 Å². The summed E-state index contributed by atoms with van der Waals surface area (Å²) >= 11 is 0. The second kappa shape index (κ2) is 39.7. The number of nitrogens with one attached hydrogen (secondary N) is 2. The normalized spacial score (nSPS) is 40.6. The zero-order valence-corrected chi connectivity index (χ0v) is 56.3. The van der Waals surface area contributed by atoms with Crippen molar-refractivity contribution in [3.63, 3.8) is 0 Å². The van der Waals surface area contributed by atoms with E-state index in [0.29, 0.717) is 83.1 Å². The number of amides is 2. The number of hydrogen-bond acceptors (Lipinski definition) is 38. The number of carbonyl (C=O) groups excluding carboxylic acids is 2. The lowest BCUT2D eigenvalue weighted by Gasteiger charge is -2.51. The zero-order chi connectivity index (χ0) is 73.4. The van der Waals surface area contributed by atoms with Crippen molar-refractivity contribution >= 4 is 11.8 Å². The Bertz CT molecular complexity index is 2640. The Morgan fingerprint density at radius 2 is 0.902 bits per heavy atom. The largest absolute Gasteiger partial charge is 0.394 e. The Morgan fingerprint density at radius 3 is 1.37 bits per heavy atom. The van der Waals surface area contributed by atoms with Crippen LogP contribution >= 0.6 is 0 Å². The van der Waals surface area contributed by atoms with Crippen LogP contribution < -0.4 is 10.6 Å². The summed E-state index contributed by atoms with van der Waals surface area (Å²) in [4.78, 5) is 24.9. The fourth-order valence-electron chi connectivity index (χ4n) is 13.1. The van der Waals surface area contributed by atoms with Gasteiger partial charge in [-0.1, -0.05) is 31.4 Å². The van der Waals surface area contributed by atoms with Gasteiger partial charge in [-0.2, -0.15) is 0 Å². The van der Waals surface area contributed by atoms with Gasteiger partial charge in [-0.05, 0) is 25.7 Å². The molecule has 23 aliphatic rings. The standard InChI is InChI=1S/C61H103N5O36/c1-2-3-10-62-37(72)9-12-86-14-16-88-18-19-89-17-15-87-13-11-63-38(73)27-90-29-8-6-4-5-7-28-39(29)64-65-66(28)21-31-50-40(74)45(79)55(92-31)91-30-20-61(84,85)60(97-32(30)22-67)102-54-36(26-71)96-59(49(83)44(54)78)101-53-35(25-70)95-58(48(82)43(53)77)100-52-34(24-69)94-57(47(81)42(52)76)99-51-33(23-68)93-56(98-50)46(80)41(51)75/h29-36,40-60,67-71,74-85H,2-27H2,1H3,(H,62,72)(H,63,73). The first-order chi connectivity index (χ1) is 49.1. The van der Waals surface area contributed by atoms with E-state index in [1.54, 1.807) is 0 Å². The molecule has 22 saturated heterocycles. The van der Waals surface area contributed by atoms with Crippen LogP contribution in [0.5, 0.6) is 0 Å². The van der Waals surface area contributed by atoms with Crippen LogP contribution in [0.4, 0.5) is 0 Å². The third kappa shape index (κ3) is 20.7. The lowest BCUT2D eigenvalue weighted by Crippen LogP contribution is -2.69. The molecule has 1 aromatic rings. The topological polar surface area (TPSA) is 590 Å². The van der Waals surface area contributed by atoms with Gasteiger partial charge in [-0.3, -0.25) is 9.59 Å². The Labute approximate surface area is 585 Å². The SMILES string of the molecule is CCCCNC(=O)CCOCCOCCOCCOCCNC(=O)COC1CCCCCc2c1nnn2CC1OC2OC3CC(O)(O)C(OC3CO)OC3C(CO)OC(OC4C(CO)OC(OC5C(CO)OC(OC6C(CO)OC(OC1C(O)C2O)C(O)C6O)C(O)C5O)C(O)C4O)C(O)C3O. The van der Waals surface area contributed by atoms with Gasteiger partial charge < -0.3 is 178 Å². The lowest BCUT2D eigenvalue weighted by molar-refractivity contribution is -0.422. The predicted molar refractivity (Wildman–Crippen MR) is 328 cm³/mol. The molecule has 19 N–H and O–H groups in total. The Balaban J connectivity index is 0.887. The van der Waals surface area contributed by atoms with Crippen molar-refractivity contribution in [2.45, 2.75) is 255 Å². The molecule has 24 rings (SSSR count). The summed E-state index contributed by atoms with van der Waals surface area (Å²) in [6, 6.07) is 0. The number of aliphatic hydroxyl groups is 17. The van der Waals surface area contributed by atoms with E-state index in [2.05, 4.69) is 20.9 Å². The second-order valence-electron chi connectivity index (χ2n) is 26.1. The molecule has 1 aliphatic carbocycles. The summed E-state index contributed by atoms with van der Waals surface area (Å²) < 4.78 is 101. The van der Waals surface area contributed by atoms with E-state index in [9.17, 15) is 96.4 Å². The first kappa shape index (κ1) is 82.8. The van der Waals surface area contributed by atoms with Gasteiger partial charge in [0.1, 0.15) is 147 Å². The van der Waals surface area contributed by atoms with Gasteiger partial charge >= 0.3 is 0 Å². The molecule has 0 radical (unpaired) electrons. The molecular formula is C61H103N5O36. The molecule has 1 aromatic heterocycles. The average Bonchev–Trinajstić information content (AvgIpc) is 0.777. The highest BCUT2D eigenvalue weighted by Gasteiger charge is 2.59. The van der Waals surface area contributed by atoms with Crippen molar-refractivity contribution in [3.8, 4) is 0 Å². The first-order valence-corrected chi connectivity index (χ1v) is 34.6. The molecule has 23 heterocycles. The zero-order valence-electron chi connectivity index (χ0n) is 56.3. The van der Waals surface area contributed by atoms with Crippen LogP contribution in [0, 0.1) is 0 Å². The van der Waals surface area contributed by atoms with E-state index in [-0.39, 0.29) is 38.7 Å². The maximum absolute atomic E-state index is 13.1. The van der Waals surface area contributed by atoms with Gasteiger partial charge in [0.05, 0.1) is 104 Å². The van der Waals surface area contributed by atoms with E-state index in [0.717, 1.165) is 12.8 Å². The highest BCUT2D eigenvalue weighted by Crippen LogP contribution is 2.40. The summed E-state index contributed by atoms with van der Waals surface area (Å²) in [5, 5.41) is 207. The smallest absolute Gasteiger partial charge is 0.246 e. The molecule has 29 unspecified atom stereocenters. The van der Waals surface area contributed by atoms with Crippen LogP contribution in [0.1, 0.15) is 75.8 Å². The molecule has 41 heteroatoms. The number of ether oxygens (including phenoxy) is 17. The molecular weight excluding hydrogens is 1380 g/mol. The fraction of sp³-hybridized carbons (Fsp3) is 0.934. The summed E-state index contributed by atoms with van der Waals surface area (Å²) in [6.45, 7) is -0.845. The first-order valence-electron chi connectivity index (χ1n) is 34.6. The minimum atomic E-state index is -3.19. The van der Waals surface area contributed by atoms with Crippen molar-refractivity contribution in [2.24, 2.45) is 0 Å². The third-order valence-electron chi connectivity index (χ3n) is 18.8. The number of unbranched alkanes of at least 4 members (excludes halogenated alkanes) is 1. The molecule has 22 fully saturated rings. The molecule has 0 spiro atoms. The Hall–Kier alpha value is -3.28. The van der Waals surface area contributed by atoms with E-state index < -0.39 is 242 Å². The molecule has 41 nitrogen and oxygen atoms in total. The number of nitrogens with zero attached hydrogens (tertiary/aromatic N) is 3. The molecule has 22 aliphatic heterocycles. The van der Waals surface area contributed by atoms with Crippen LogP contribution in [0.15, 0.2) is 0 Å². The van der Waals surface area contributed by atoms with Crippen LogP contribution in [0.2, 0.25) is 0 Å². The number of hydrogen-bond donors (Lipinski definition) is 19. The minimum absolute atomic E-state index is 0.0528. The third-order valence-corrected chi connectivity index (χ3v) is 18.8. The Kier molecular flexibility index (Phi) is 32.2. The summed E-state index contributed by atoms with van der Waals surface area (Å²) in [5.74, 6) is -3.71. The van der Waals surface area contributed by atoms with Gasteiger partial charge in [0.15, 0.2) is 31.5 Å². The summed E-state index contributed by atoms with van der Waals surface area (Å²) in [5.41, 5.74) is 0.800. The molecule has 588 valence electrons. The fourth-order valence-corrected chi connectivity index (χ4v) is 13.1. The maximum atomic E-state index is 13.1. The quantitative estimate of drug-likeness (QED) is 0.0274. The molecule has 102 heavy (non-hydrogen) atoms. The number of rotatable bonds is 28. The Morgan fingerprint density at radius 1 is 0.480 bits per heavy atom. The van der Waals surface area contributed by atoms with Gasteiger partial charge in [-0.25, -0.2) is 4.68 Å². The number of carbonyl (C=O) groups is 2. The van der Waals surface area contributed by atoms with Crippen molar-refractivity contribution in [1.82, 2.24) is 25.6 Å². The summed E-state index contributed by atoms with van der Waals surface area (Å²) in [7, 11) is 0. The van der Waals surface area contributed by atoms with E-state index in [1.807, 2.05) is 6.92 Å². The second-order valence-corrected chi connectivity index (χ2v) is 26.1. The monoisotopic (exact) mass is 1480 g/mol. The lowest BCUT2D eigenvalue weighted by atomic mass is 9.94. The molecule has 29 atom stereocenters. The number of aromatic nitrogens is 3. The van der Waals surface area contributed by atoms with Gasteiger partial charge in [0, 0.05) is 25.9 Å². The number of aliphatic hydroxyl groups excluding tert-OH is 15. The van der Waals surface area contributed by atoms with Crippen molar-refractivity contribution in [1.29, 1.82) is 0 Å². The maximum Gasteiger partial charge on any atom is 0.246 e. The average molecular weight is 1480 g/mol. The van der Waals surface area contributed by atoms with Gasteiger partial charge in [0.25, 0.3) is 0 Å². The van der Waals surface area contributed by atoms with E-state index in [4.69, 9.17) is 80.5 Å². The van der Waals surface area contributed by atoms with Crippen LogP contribution in [0.25, 0.3) is 0 Å². The van der Waals surface area contributed by atoms with Gasteiger partial charge in [0.2, 0.25) is 23.9 Å². The molecule has 0 aromatic carbocycles. The minimum Gasteiger partial charge on any atom is -0.394 e.